The van der Waals surface area contributed by atoms with Gasteiger partial charge >= 0.3 is 0 Å². The molecule has 0 aliphatic heterocycles. The third-order valence-corrected chi connectivity index (χ3v) is 5.05. The highest BCUT2D eigenvalue weighted by atomic mass is 32.2. The Labute approximate surface area is 126 Å². The Morgan fingerprint density at radius 1 is 1.05 bits per heavy atom. The Morgan fingerprint density at radius 3 is 2.45 bits per heavy atom. The number of amides is 1. The number of carbonyl (C=O) groups excluding carboxylic acids is 1. The number of benzene rings is 2. The van der Waals surface area contributed by atoms with Crippen LogP contribution in [0.3, 0.4) is 0 Å². The molecule has 0 saturated carbocycles. The third kappa shape index (κ3) is 2.26. The standard InChI is InChI=1S/C15H12N2O4S/c18-15(17-19)11-6-2-4-8-13(11)22(20,21)14-9-10-5-1-3-7-12(10)16-14/h1-9,16,19H,(H,17,18). The highest BCUT2D eigenvalue weighted by molar-refractivity contribution is 7.91. The molecule has 0 unspecified atom stereocenters. The number of H-pyrrole nitrogens is 1. The van der Waals surface area contributed by atoms with Crippen LogP contribution in [0.1, 0.15) is 10.4 Å². The molecule has 1 heterocycles. The molecule has 0 bridgehead atoms. The number of para-hydroxylation sites is 1. The van der Waals surface area contributed by atoms with Crippen molar-refractivity contribution in [2.75, 3.05) is 0 Å². The lowest BCUT2D eigenvalue weighted by Crippen LogP contribution is -2.21. The summed E-state index contributed by atoms with van der Waals surface area (Å²) in [7, 11) is -3.91. The maximum atomic E-state index is 12.8. The maximum Gasteiger partial charge on any atom is 0.275 e. The van der Waals surface area contributed by atoms with E-state index in [1.807, 2.05) is 0 Å². The van der Waals surface area contributed by atoms with Crippen LogP contribution in [0.15, 0.2) is 64.5 Å². The molecule has 3 aromatic rings. The number of rotatable bonds is 3. The zero-order valence-electron chi connectivity index (χ0n) is 11.3. The van der Waals surface area contributed by atoms with E-state index in [2.05, 4.69) is 4.98 Å². The summed E-state index contributed by atoms with van der Waals surface area (Å²) in [6.07, 6.45) is 0. The lowest BCUT2D eigenvalue weighted by Gasteiger charge is -2.07. The summed E-state index contributed by atoms with van der Waals surface area (Å²) in [4.78, 5) is 14.3. The smallest absolute Gasteiger partial charge is 0.275 e. The Kier molecular flexibility index (Phi) is 3.44. The van der Waals surface area contributed by atoms with Crippen molar-refractivity contribution in [3.8, 4) is 0 Å². The number of hydroxylamine groups is 1. The van der Waals surface area contributed by atoms with Gasteiger partial charge in [-0.15, -0.1) is 0 Å². The molecule has 6 nitrogen and oxygen atoms in total. The largest absolute Gasteiger partial charge is 0.345 e. The molecule has 22 heavy (non-hydrogen) atoms. The average Bonchev–Trinajstić information content (AvgIpc) is 2.99. The van der Waals surface area contributed by atoms with Crippen molar-refractivity contribution in [2.45, 2.75) is 9.92 Å². The minimum absolute atomic E-state index is 0.00751. The first-order chi connectivity index (χ1) is 10.5. The fourth-order valence-corrected chi connectivity index (χ4v) is 3.73. The van der Waals surface area contributed by atoms with Crippen LogP contribution < -0.4 is 5.48 Å². The SMILES string of the molecule is O=C(NO)c1ccccc1S(=O)(=O)c1cc2ccccc2[nH]1. The second kappa shape index (κ2) is 5.28. The van der Waals surface area contributed by atoms with E-state index in [1.54, 1.807) is 24.3 Å². The summed E-state index contributed by atoms with van der Waals surface area (Å²) >= 11 is 0. The van der Waals surface area contributed by atoms with Gasteiger partial charge in [0, 0.05) is 10.9 Å². The Balaban J connectivity index is 2.20. The number of fused-ring (bicyclic) bond motifs is 1. The van der Waals surface area contributed by atoms with Gasteiger partial charge in [-0.2, -0.15) is 0 Å². The maximum absolute atomic E-state index is 12.8. The topological polar surface area (TPSA) is 99.3 Å². The van der Waals surface area contributed by atoms with Gasteiger partial charge in [0.15, 0.2) is 0 Å². The van der Waals surface area contributed by atoms with E-state index in [0.29, 0.717) is 5.52 Å². The monoisotopic (exact) mass is 316 g/mol. The Morgan fingerprint density at radius 2 is 1.73 bits per heavy atom. The molecular formula is C15H12N2O4S. The van der Waals surface area contributed by atoms with Gasteiger partial charge in [0.2, 0.25) is 9.84 Å². The van der Waals surface area contributed by atoms with Crippen molar-refractivity contribution in [1.82, 2.24) is 10.5 Å². The molecule has 0 aliphatic rings. The molecule has 0 fully saturated rings. The van der Waals surface area contributed by atoms with Crippen LogP contribution in [-0.4, -0.2) is 24.5 Å². The molecule has 112 valence electrons. The minimum atomic E-state index is -3.91. The summed E-state index contributed by atoms with van der Waals surface area (Å²) in [5.74, 6) is -0.879. The lowest BCUT2D eigenvalue weighted by atomic mass is 10.2. The van der Waals surface area contributed by atoms with Gasteiger partial charge in [-0.05, 0) is 24.3 Å². The predicted octanol–water partition coefficient (Wildman–Crippen LogP) is 2.12. The quantitative estimate of drug-likeness (QED) is 0.509. The first-order valence-corrected chi connectivity index (χ1v) is 7.88. The molecule has 0 aliphatic carbocycles. The molecule has 0 atom stereocenters. The van der Waals surface area contributed by atoms with Gasteiger partial charge in [-0.3, -0.25) is 10.0 Å². The zero-order valence-corrected chi connectivity index (χ0v) is 12.1. The number of nitrogens with one attached hydrogen (secondary N) is 2. The van der Waals surface area contributed by atoms with Crippen LogP contribution in [-0.2, 0) is 9.84 Å². The van der Waals surface area contributed by atoms with Gasteiger partial charge in [0.05, 0.1) is 10.5 Å². The van der Waals surface area contributed by atoms with Crippen molar-refractivity contribution in [3.63, 3.8) is 0 Å². The number of hydrogen-bond acceptors (Lipinski definition) is 4. The molecule has 3 N–H and O–H groups in total. The fraction of sp³-hybridized carbons (Fsp3) is 0. The van der Waals surface area contributed by atoms with Gasteiger partial charge in [-0.25, -0.2) is 13.9 Å². The number of aromatic amines is 1. The van der Waals surface area contributed by atoms with E-state index in [0.717, 1.165) is 5.39 Å². The molecule has 7 heteroatoms. The van der Waals surface area contributed by atoms with Crippen LogP contribution in [0.2, 0.25) is 0 Å². The highest BCUT2D eigenvalue weighted by Crippen LogP contribution is 2.26. The first kappa shape index (κ1) is 14.3. The average molecular weight is 316 g/mol. The van der Waals surface area contributed by atoms with Crippen molar-refractivity contribution in [3.05, 3.63) is 60.2 Å². The van der Waals surface area contributed by atoms with Crippen LogP contribution >= 0.6 is 0 Å². The van der Waals surface area contributed by atoms with Crippen LogP contribution in [0, 0.1) is 0 Å². The number of sulfone groups is 1. The Bertz CT molecular complexity index is 927. The molecule has 0 spiro atoms. The van der Waals surface area contributed by atoms with Gasteiger partial charge < -0.3 is 4.98 Å². The summed E-state index contributed by atoms with van der Waals surface area (Å²) in [5.41, 5.74) is 2.02. The van der Waals surface area contributed by atoms with Crippen molar-refractivity contribution in [2.24, 2.45) is 0 Å². The highest BCUT2D eigenvalue weighted by Gasteiger charge is 2.25. The summed E-state index contributed by atoms with van der Waals surface area (Å²) in [6.45, 7) is 0. The van der Waals surface area contributed by atoms with Crippen LogP contribution in [0.25, 0.3) is 10.9 Å². The molecule has 1 aromatic heterocycles. The van der Waals surface area contributed by atoms with Crippen molar-refractivity contribution >= 4 is 26.6 Å². The van der Waals surface area contributed by atoms with E-state index in [1.165, 1.54) is 35.8 Å². The Hall–Kier alpha value is -2.64. The minimum Gasteiger partial charge on any atom is -0.345 e. The third-order valence-electron chi connectivity index (χ3n) is 3.32. The van der Waals surface area contributed by atoms with Crippen LogP contribution in [0.5, 0.6) is 0 Å². The van der Waals surface area contributed by atoms with Gasteiger partial charge in [0.1, 0.15) is 5.03 Å². The van der Waals surface area contributed by atoms with Crippen molar-refractivity contribution < 1.29 is 18.4 Å². The number of aromatic nitrogens is 1. The number of hydrogen-bond donors (Lipinski definition) is 3. The zero-order chi connectivity index (χ0) is 15.7. The first-order valence-electron chi connectivity index (χ1n) is 6.40. The summed E-state index contributed by atoms with van der Waals surface area (Å²) in [5, 5.41) is 9.51. The van der Waals surface area contributed by atoms with Gasteiger partial charge in [0.25, 0.3) is 5.91 Å². The van der Waals surface area contributed by atoms with E-state index in [9.17, 15) is 13.2 Å². The normalized spacial score (nSPS) is 11.5. The summed E-state index contributed by atoms with van der Waals surface area (Å²) < 4.78 is 25.5. The summed E-state index contributed by atoms with van der Waals surface area (Å²) in [6, 6.07) is 14.4. The van der Waals surface area contributed by atoms with Crippen molar-refractivity contribution in [1.29, 1.82) is 0 Å². The second-order valence-electron chi connectivity index (χ2n) is 4.66. The fourth-order valence-electron chi connectivity index (χ4n) is 2.26. The van der Waals surface area contributed by atoms with Gasteiger partial charge in [-0.1, -0.05) is 30.3 Å². The molecule has 2 aromatic carbocycles. The van der Waals surface area contributed by atoms with E-state index in [4.69, 9.17) is 5.21 Å². The molecule has 0 radical (unpaired) electrons. The number of carbonyl (C=O) groups is 1. The molecular weight excluding hydrogens is 304 g/mol. The van der Waals surface area contributed by atoms with E-state index < -0.39 is 15.7 Å². The lowest BCUT2D eigenvalue weighted by molar-refractivity contribution is 0.0702. The van der Waals surface area contributed by atoms with Crippen LogP contribution in [0.4, 0.5) is 0 Å². The predicted molar refractivity (Wildman–Crippen MR) is 79.4 cm³/mol. The van der Waals surface area contributed by atoms with E-state index >= 15 is 0 Å². The molecule has 1 amide bonds. The van der Waals surface area contributed by atoms with E-state index in [-0.39, 0.29) is 15.5 Å². The second-order valence-corrected chi connectivity index (χ2v) is 6.55. The molecule has 3 rings (SSSR count). The molecule has 0 saturated heterocycles.